The third-order valence-corrected chi connectivity index (χ3v) is 6.15. The van der Waals surface area contributed by atoms with Gasteiger partial charge in [0.25, 0.3) is 11.8 Å². The number of rotatable bonds is 5. The monoisotopic (exact) mass is 413 g/mol. The maximum Gasteiger partial charge on any atom is 0.296 e. The number of aliphatic hydroxyl groups is 1. The first kappa shape index (κ1) is 22.4. The number of nitrogens with zero attached hydrogens (tertiary/aromatic N) is 1. The van der Waals surface area contributed by atoms with E-state index in [0.29, 0.717) is 17.9 Å². The first-order valence-electron chi connectivity index (χ1n) is 11.7. The quantitative estimate of drug-likeness (QED) is 0.621. The summed E-state index contributed by atoms with van der Waals surface area (Å²) in [6.07, 6.45) is 13.2. The van der Waals surface area contributed by atoms with E-state index in [0.717, 1.165) is 44.9 Å². The minimum absolute atomic E-state index is 0.119. The van der Waals surface area contributed by atoms with E-state index in [1.807, 2.05) is 6.92 Å². The van der Waals surface area contributed by atoms with Crippen LogP contribution in [-0.4, -0.2) is 34.5 Å². The normalized spacial score (nSPS) is 20.2. The summed E-state index contributed by atoms with van der Waals surface area (Å²) in [5.41, 5.74) is 0.679. The average molecular weight is 414 g/mol. The van der Waals surface area contributed by atoms with Crippen LogP contribution in [0.25, 0.3) is 5.57 Å². The molecule has 0 unspecified atom stereocenters. The highest BCUT2D eigenvalue weighted by atomic mass is 16.5. The molecule has 0 atom stereocenters. The molecule has 1 saturated carbocycles. The van der Waals surface area contributed by atoms with Gasteiger partial charge in [0.2, 0.25) is 0 Å². The van der Waals surface area contributed by atoms with Crippen LogP contribution >= 0.6 is 0 Å². The van der Waals surface area contributed by atoms with Crippen LogP contribution in [0.5, 0.6) is 5.75 Å². The maximum absolute atomic E-state index is 13.2. The summed E-state index contributed by atoms with van der Waals surface area (Å²) in [7, 11) is 0. The zero-order valence-corrected chi connectivity index (χ0v) is 18.2. The van der Waals surface area contributed by atoms with Gasteiger partial charge in [-0.2, -0.15) is 0 Å². The molecule has 0 aromatic heterocycles. The Kier molecular flexibility index (Phi) is 8.35. The summed E-state index contributed by atoms with van der Waals surface area (Å²) < 4.78 is 5.59. The molecule has 5 nitrogen and oxygen atoms in total. The highest BCUT2D eigenvalue weighted by Crippen LogP contribution is 2.33. The molecule has 1 N–H and O–H groups in total. The summed E-state index contributed by atoms with van der Waals surface area (Å²) >= 11 is 0. The average Bonchev–Trinajstić information content (AvgIpc) is 2.96. The summed E-state index contributed by atoms with van der Waals surface area (Å²) in [6, 6.07) is 6.91. The van der Waals surface area contributed by atoms with Crippen molar-refractivity contribution in [3.8, 4) is 5.75 Å². The zero-order chi connectivity index (χ0) is 21.3. The second-order valence-electron chi connectivity index (χ2n) is 8.49. The Morgan fingerprint density at radius 3 is 1.93 bits per heavy atom. The Hall–Kier alpha value is -2.30. The predicted molar refractivity (Wildman–Crippen MR) is 118 cm³/mol. The summed E-state index contributed by atoms with van der Waals surface area (Å²) in [4.78, 5) is 27.4. The van der Waals surface area contributed by atoms with Gasteiger partial charge in [0.05, 0.1) is 12.2 Å². The fourth-order valence-corrected chi connectivity index (χ4v) is 4.46. The number of hydrogen-bond donors (Lipinski definition) is 1. The Morgan fingerprint density at radius 1 is 0.867 bits per heavy atom. The summed E-state index contributed by atoms with van der Waals surface area (Å²) in [6.45, 7) is 2.66. The lowest BCUT2D eigenvalue weighted by molar-refractivity contribution is -0.141. The topological polar surface area (TPSA) is 66.8 Å². The molecule has 3 rings (SSSR count). The van der Waals surface area contributed by atoms with Crippen LogP contribution in [0.4, 0.5) is 0 Å². The van der Waals surface area contributed by atoms with Gasteiger partial charge in [-0.15, -0.1) is 0 Å². The Labute approximate surface area is 180 Å². The highest BCUT2D eigenvalue weighted by Gasteiger charge is 2.42. The lowest BCUT2D eigenvalue weighted by Crippen LogP contribution is -2.41. The third-order valence-electron chi connectivity index (χ3n) is 6.15. The van der Waals surface area contributed by atoms with Crippen molar-refractivity contribution in [1.82, 2.24) is 4.90 Å². The molecule has 30 heavy (non-hydrogen) atoms. The van der Waals surface area contributed by atoms with Crippen LogP contribution in [0.1, 0.15) is 89.5 Å². The van der Waals surface area contributed by atoms with Crippen molar-refractivity contribution >= 4 is 17.4 Å². The van der Waals surface area contributed by atoms with Gasteiger partial charge < -0.3 is 9.84 Å². The SMILES string of the molecule is CCCOc1ccc(C2=C(O)C(=O)N(C3CCCCCCCCCCC3)C2=O)cc1. The lowest BCUT2D eigenvalue weighted by atomic mass is 9.96. The number of benzene rings is 1. The van der Waals surface area contributed by atoms with Crippen molar-refractivity contribution < 1.29 is 19.4 Å². The molecular formula is C25H35NO4. The fraction of sp³-hybridized carbons (Fsp3) is 0.600. The van der Waals surface area contributed by atoms with Gasteiger partial charge in [0.15, 0.2) is 5.76 Å². The van der Waals surface area contributed by atoms with Crippen LogP contribution in [0.15, 0.2) is 30.0 Å². The fourth-order valence-electron chi connectivity index (χ4n) is 4.46. The number of carbonyl (C=O) groups is 2. The molecule has 0 saturated heterocycles. The van der Waals surface area contributed by atoms with Crippen molar-refractivity contribution in [2.75, 3.05) is 6.61 Å². The summed E-state index contributed by atoms with van der Waals surface area (Å²) in [5.74, 6) is -0.614. The molecule has 1 fully saturated rings. The zero-order valence-electron chi connectivity index (χ0n) is 18.2. The Morgan fingerprint density at radius 2 is 1.40 bits per heavy atom. The van der Waals surface area contributed by atoms with Gasteiger partial charge >= 0.3 is 0 Å². The lowest BCUT2D eigenvalue weighted by Gasteiger charge is -2.27. The first-order chi connectivity index (χ1) is 14.6. The van der Waals surface area contributed by atoms with Crippen LogP contribution in [0, 0.1) is 0 Å². The predicted octanol–water partition coefficient (Wildman–Crippen LogP) is 5.79. The van der Waals surface area contributed by atoms with E-state index >= 15 is 0 Å². The van der Waals surface area contributed by atoms with Crippen molar-refractivity contribution in [3.63, 3.8) is 0 Å². The number of aliphatic hydroxyl groups excluding tert-OH is 1. The second kappa shape index (κ2) is 11.2. The van der Waals surface area contributed by atoms with E-state index in [4.69, 9.17) is 4.74 Å². The molecule has 0 spiro atoms. The van der Waals surface area contributed by atoms with E-state index in [1.165, 1.54) is 37.0 Å². The molecule has 164 valence electrons. The molecule has 0 bridgehead atoms. The number of ether oxygens (including phenoxy) is 1. The van der Waals surface area contributed by atoms with Crippen molar-refractivity contribution in [3.05, 3.63) is 35.6 Å². The van der Waals surface area contributed by atoms with Gasteiger partial charge in [-0.05, 0) is 37.0 Å². The molecular weight excluding hydrogens is 378 g/mol. The Balaban J connectivity index is 1.73. The maximum atomic E-state index is 13.2. The van der Waals surface area contributed by atoms with Gasteiger partial charge in [-0.1, -0.05) is 76.8 Å². The number of carbonyl (C=O) groups excluding carboxylic acids is 2. The van der Waals surface area contributed by atoms with E-state index < -0.39 is 11.7 Å². The van der Waals surface area contributed by atoms with Crippen molar-refractivity contribution in [2.24, 2.45) is 0 Å². The molecule has 1 aliphatic carbocycles. The first-order valence-corrected chi connectivity index (χ1v) is 11.7. The van der Waals surface area contributed by atoms with Gasteiger partial charge in [0, 0.05) is 6.04 Å². The van der Waals surface area contributed by atoms with Gasteiger partial charge in [-0.25, -0.2) is 0 Å². The Bertz CT molecular complexity index is 741. The van der Waals surface area contributed by atoms with Crippen molar-refractivity contribution in [1.29, 1.82) is 0 Å². The largest absolute Gasteiger partial charge is 0.502 e. The number of imide groups is 1. The van der Waals surface area contributed by atoms with Crippen molar-refractivity contribution in [2.45, 2.75) is 90.0 Å². The molecule has 2 aliphatic rings. The molecule has 0 radical (unpaired) electrons. The van der Waals surface area contributed by atoms with E-state index in [-0.39, 0.29) is 17.5 Å². The molecule has 1 aliphatic heterocycles. The minimum atomic E-state index is -0.543. The van der Waals surface area contributed by atoms with Crippen LogP contribution < -0.4 is 4.74 Å². The smallest absolute Gasteiger partial charge is 0.296 e. The third kappa shape index (κ3) is 5.44. The van der Waals surface area contributed by atoms with Gasteiger partial charge in [-0.3, -0.25) is 14.5 Å². The van der Waals surface area contributed by atoms with E-state index in [2.05, 4.69) is 0 Å². The summed E-state index contributed by atoms with van der Waals surface area (Å²) in [5, 5.41) is 10.5. The van der Waals surface area contributed by atoms with Crippen LogP contribution in [-0.2, 0) is 9.59 Å². The molecule has 1 heterocycles. The van der Waals surface area contributed by atoms with E-state index in [9.17, 15) is 14.7 Å². The van der Waals surface area contributed by atoms with Crippen LogP contribution in [0.3, 0.4) is 0 Å². The molecule has 5 heteroatoms. The van der Waals surface area contributed by atoms with Crippen LogP contribution in [0.2, 0.25) is 0 Å². The molecule has 2 amide bonds. The highest BCUT2D eigenvalue weighted by molar-refractivity contribution is 6.35. The molecule has 1 aromatic rings. The standard InChI is InChI=1S/C25H35NO4/c1-2-18-30-21-16-14-19(15-17-21)22-23(27)25(29)26(24(22)28)20-12-10-8-6-4-3-5-7-9-11-13-20/h14-17,20,27H,2-13,18H2,1H3. The molecule has 1 aromatic carbocycles. The second-order valence-corrected chi connectivity index (χ2v) is 8.49. The minimum Gasteiger partial charge on any atom is -0.502 e. The van der Waals surface area contributed by atoms with E-state index in [1.54, 1.807) is 24.3 Å². The number of amides is 2. The van der Waals surface area contributed by atoms with Gasteiger partial charge in [0.1, 0.15) is 5.75 Å². The number of hydrogen-bond acceptors (Lipinski definition) is 4.